The van der Waals surface area contributed by atoms with E-state index in [1.807, 2.05) is 20.8 Å². The van der Waals surface area contributed by atoms with Gasteiger partial charge in [0.25, 0.3) is 0 Å². The second-order valence-electron chi connectivity index (χ2n) is 7.05. The van der Waals surface area contributed by atoms with Crippen LogP contribution in [-0.2, 0) is 16.0 Å². The van der Waals surface area contributed by atoms with Crippen LogP contribution in [0.5, 0.6) is 0 Å². The highest BCUT2D eigenvalue weighted by Crippen LogP contribution is 2.15. The van der Waals surface area contributed by atoms with E-state index in [2.05, 4.69) is 10.3 Å². The van der Waals surface area contributed by atoms with E-state index in [-0.39, 0.29) is 18.1 Å². The van der Waals surface area contributed by atoms with Crippen molar-refractivity contribution >= 4 is 12.1 Å². The van der Waals surface area contributed by atoms with Crippen LogP contribution < -0.4 is 5.32 Å². The predicted octanol–water partition coefficient (Wildman–Crippen LogP) is 2.36. The minimum Gasteiger partial charge on any atom is -0.462 e. The molecule has 25 heavy (non-hydrogen) atoms. The van der Waals surface area contributed by atoms with Crippen molar-refractivity contribution in [2.75, 3.05) is 19.7 Å². The maximum atomic E-state index is 12.1. The molecule has 1 unspecified atom stereocenters. The third kappa shape index (κ3) is 6.01. The largest absolute Gasteiger partial charge is 0.462 e. The van der Waals surface area contributed by atoms with Crippen LogP contribution in [0, 0.1) is 0 Å². The van der Waals surface area contributed by atoms with Gasteiger partial charge in [-0.2, -0.15) is 0 Å². The molecule has 1 fully saturated rings. The Morgan fingerprint density at radius 2 is 2.16 bits per heavy atom. The number of nitrogens with one attached hydrogen (secondary N) is 1. The van der Waals surface area contributed by atoms with Gasteiger partial charge in [0, 0.05) is 31.9 Å². The molecule has 1 atom stereocenters. The normalized spacial score (nSPS) is 17.4. The number of ether oxygens (including phenoxy) is 2. The van der Waals surface area contributed by atoms with Gasteiger partial charge >= 0.3 is 12.1 Å². The number of likely N-dealkylation sites (tertiary alicyclic amines) is 1. The van der Waals surface area contributed by atoms with Crippen LogP contribution in [0.1, 0.15) is 50.2 Å². The number of amides is 1. The Bertz CT molecular complexity index is 613. The Labute approximate surface area is 148 Å². The smallest absolute Gasteiger partial charge is 0.410 e. The first-order valence-electron chi connectivity index (χ1n) is 8.62. The van der Waals surface area contributed by atoms with Gasteiger partial charge in [-0.1, -0.05) is 0 Å². The number of hydrogen-bond donors (Lipinski definition) is 1. The Morgan fingerprint density at radius 1 is 1.40 bits per heavy atom. The zero-order valence-electron chi connectivity index (χ0n) is 15.4. The maximum absolute atomic E-state index is 12.1. The van der Waals surface area contributed by atoms with Crippen molar-refractivity contribution in [2.24, 2.45) is 0 Å². The molecule has 7 nitrogen and oxygen atoms in total. The number of nitrogens with zero attached hydrogens (tertiary/aromatic N) is 2. The zero-order chi connectivity index (χ0) is 18.4. The molecular formula is C18H27N3O4. The van der Waals surface area contributed by atoms with Crippen LogP contribution >= 0.6 is 0 Å². The van der Waals surface area contributed by atoms with Crippen LogP contribution in [-0.4, -0.2) is 53.3 Å². The highest BCUT2D eigenvalue weighted by atomic mass is 16.6. The molecule has 1 aliphatic heterocycles. The summed E-state index contributed by atoms with van der Waals surface area (Å²) in [7, 11) is 0. The molecule has 0 aromatic carbocycles. The summed E-state index contributed by atoms with van der Waals surface area (Å²) < 4.78 is 10.4. The molecule has 0 saturated carbocycles. The second kappa shape index (κ2) is 8.29. The van der Waals surface area contributed by atoms with Crippen LogP contribution in [0.3, 0.4) is 0 Å². The van der Waals surface area contributed by atoms with Gasteiger partial charge in [-0.3, -0.25) is 4.98 Å². The van der Waals surface area contributed by atoms with Crippen LogP contribution in [0.25, 0.3) is 0 Å². The molecule has 1 saturated heterocycles. The van der Waals surface area contributed by atoms with E-state index in [9.17, 15) is 9.59 Å². The Morgan fingerprint density at radius 3 is 2.84 bits per heavy atom. The lowest BCUT2D eigenvalue weighted by atomic mass is 10.2. The van der Waals surface area contributed by atoms with Crippen LogP contribution in [0.4, 0.5) is 4.79 Å². The van der Waals surface area contributed by atoms with Crippen molar-refractivity contribution < 1.29 is 19.1 Å². The van der Waals surface area contributed by atoms with E-state index >= 15 is 0 Å². The van der Waals surface area contributed by atoms with Gasteiger partial charge in [-0.15, -0.1) is 0 Å². The SMILES string of the molecule is CCOC(=O)c1ccnc(CNC2CCN(C(=O)OC(C)(C)C)C2)c1. The summed E-state index contributed by atoms with van der Waals surface area (Å²) in [6, 6.07) is 3.55. The molecule has 1 aliphatic rings. The van der Waals surface area contributed by atoms with Crippen molar-refractivity contribution in [3.8, 4) is 0 Å². The van der Waals surface area contributed by atoms with Crippen molar-refractivity contribution in [1.29, 1.82) is 0 Å². The van der Waals surface area contributed by atoms with Crippen molar-refractivity contribution in [3.05, 3.63) is 29.6 Å². The predicted molar refractivity (Wildman–Crippen MR) is 93.2 cm³/mol. The Balaban J connectivity index is 1.84. The number of hydrogen-bond acceptors (Lipinski definition) is 6. The lowest BCUT2D eigenvalue weighted by Crippen LogP contribution is -2.38. The topological polar surface area (TPSA) is 80.8 Å². The van der Waals surface area contributed by atoms with E-state index in [1.54, 1.807) is 30.2 Å². The number of esters is 1. The summed E-state index contributed by atoms with van der Waals surface area (Å²) in [4.78, 5) is 29.8. The summed E-state index contributed by atoms with van der Waals surface area (Å²) in [6.45, 7) is 9.50. The molecular weight excluding hydrogens is 322 g/mol. The molecule has 0 bridgehead atoms. The second-order valence-corrected chi connectivity index (χ2v) is 7.05. The third-order valence-corrected chi connectivity index (χ3v) is 3.74. The fourth-order valence-corrected chi connectivity index (χ4v) is 2.58. The van der Waals surface area contributed by atoms with Crippen LogP contribution in [0.15, 0.2) is 18.3 Å². The average Bonchev–Trinajstić information content (AvgIpc) is 3.01. The summed E-state index contributed by atoms with van der Waals surface area (Å²) in [6.07, 6.45) is 2.18. The van der Waals surface area contributed by atoms with Gasteiger partial charge in [-0.25, -0.2) is 9.59 Å². The molecule has 2 heterocycles. The zero-order valence-corrected chi connectivity index (χ0v) is 15.4. The molecule has 7 heteroatoms. The van der Waals surface area contributed by atoms with E-state index in [1.165, 1.54) is 0 Å². The molecule has 1 N–H and O–H groups in total. The first kappa shape index (κ1) is 19.2. The molecule has 1 aromatic rings. The summed E-state index contributed by atoms with van der Waals surface area (Å²) in [5.41, 5.74) is 0.775. The summed E-state index contributed by atoms with van der Waals surface area (Å²) in [5.74, 6) is -0.344. The number of pyridine rings is 1. The Hall–Kier alpha value is -2.15. The number of rotatable bonds is 5. The average molecular weight is 349 g/mol. The fourth-order valence-electron chi connectivity index (χ4n) is 2.58. The molecule has 0 aliphatic carbocycles. The van der Waals surface area contributed by atoms with Gasteiger partial charge in [0.15, 0.2) is 0 Å². The molecule has 138 valence electrons. The number of carbonyl (C=O) groups is 2. The van der Waals surface area contributed by atoms with Gasteiger partial charge in [0.05, 0.1) is 17.9 Å². The molecule has 1 aromatic heterocycles. The van der Waals surface area contributed by atoms with Gasteiger partial charge in [0.2, 0.25) is 0 Å². The molecule has 0 spiro atoms. The Kier molecular flexibility index (Phi) is 6.36. The molecule has 2 rings (SSSR count). The first-order valence-corrected chi connectivity index (χ1v) is 8.62. The quantitative estimate of drug-likeness (QED) is 0.822. The number of aromatic nitrogens is 1. The lowest BCUT2D eigenvalue weighted by molar-refractivity contribution is 0.0290. The third-order valence-electron chi connectivity index (χ3n) is 3.74. The van der Waals surface area contributed by atoms with E-state index in [4.69, 9.17) is 9.47 Å². The molecule has 0 radical (unpaired) electrons. The van der Waals surface area contributed by atoms with Gasteiger partial charge in [0.1, 0.15) is 5.60 Å². The van der Waals surface area contributed by atoms with Crippen molar-refractivity contribution in [3.63, 3.8) is 0 Å². The van der Waals surface area contributed by atoms with Crippen LogP contribution in [0.2, 0.25) is 0 Å². The summed E-state index contributed by atoms with van der Waals surface area (Å²) in [5, 5.41) is 3.38. The van der Waals surface area contributed by atoms with E-state index < -0.39 is 5.60 Å². The lowest BCUT2D eigenvalue weighted by Gasteiger charge is -2.24. The first-order chi connectivity index (χ1) is 11.8. The number of carbonyl (C=O) groups excluding carboxylic acids is 2. The van der Waals surface area contributed by atoms with E-state index in [0.29, 0.717) is 31.8 Å². The minimum atomic E-state index is -0.486. The standard InChI is InChI=1S/C18H27N3O4/c1-5-24-16(22)13-6-8-19-15(10-13)11-20-14-7-9-21(12-14)17(23)25-18(2,3)4/h6,8,10,14,20H,5,7,9,11-12H2,1-4H3. The van der Waals surface area contributed by atoms with Crippen molar-refractivity contribution in [1.82, 2.24) is 15.2 Å². The maximum Gasteiger partial charge on any atom is 0.410 e. The highest BCUT2D eigenvalue weighted by Gasteiger charge is 2.29. The van der Waals surface area contributed by atoms with Gasteiger partial charge < -0.3 is 19.7 Å². The van der Waals surface area contributed by atoms with E-state index in [0.717, 1.165) is 12.1 Å². The van der Waals surface area contributed by atoms with Gasteiger partial charge in [-0.05, 0) is 46.2 Å². The van der Waals surface area contributed by atoms with Crippen molar-refractivity contribution in [2.45, 2.75) is 52.3 Å². The molecule has 1 amide bonds. The minimum absolute atomic E-state index is 0.181. The highest BCUT2D eigenvalue weighted by molar-refractivity contribution is 5.89. The monoisotopic (exact) mass is 349 g/mol. The summed E-state index contributed by atoms with van der Waals surface area (Å²) >= 11 is 0. The fraction of sp³-hybridized carbons (Fsp3) is 0.611.